The van der Waals surface area contributed by atoms with E-state index in [9.17, 15) is 9.90 Å². The normalized spacial score (nSPS) is 18.4. The molecule has 1 saturated heterocycles. The highest BCUT2D eigenvalue weighted by molar-refractivity contribution is 8.21. The van der Waals surface area contributed by atoms with Gasteiger partial charge in [-0.25, -0.2) is 0 Å². The lowest BCUT2D eigenvalue weighted by Crippen LogP contribution is -2.13. The number of allylic oxidation sites excluding steroid dienone is 5. The molecule has 5 heteroatoms. The fourth-order valence-electron chi connectivity index (χ4n) is 2.75. The highest BCUT2D eigenvalue weighted by Crippen LogP contribution is 2.48. The summed E-state index contributed by atoms with van der Waals surface area (Å²) in [5.74, 6) is 1.51. The van der Waals surface area contributed by atoms with Gasteiger partial charge in [0.15, 0.2) is 0 Å². The molecule has 1 heterocycles. The third-order valence-corrected chi connectivity index (χ3v) is 7.67. The van der Waals surface area contributed by atoms with Crippen molar-refractivity contribution < 1.29 is 15.0 Å². The van der Waals surface area contributed by atoms with E-state index in [-0.39, 0.29) is 10.5 Å². The van der Waals surface area contributed by atoms with E-state index in [1.807, 2.05) is 53.9 Å². The Morgan fingerprint density at radius 1 is 1.07 bits per heavy atom. The number of hydrogen-bond donors (Lipinski definition) is 2. The molecule has 1 aliphatic heterocycles. The Morgan fingerprint density at radius 3 is 2.52 bits per heavy atom. The van der Waals surface area contributed by atoms with Gasteiger partial charge in [0.2, 0.25) is 0 Å². The molecular weight excluding hydrogens is 376 g/mol. The second kappa shape index (κ2) is 15.1. The molecule has 1 aliphatic rings. The lowest BCUT2D eigenvalue weighted by atomic mass is 10.1. The van der Waals surface area contributed by atoms with Crippen LogP contribution in [0.3, 0.4) is 0 Å². The third-order valence-electron chi connectivity index (χ3n) is 4.23. The van der Waals surface area contributed by atoms with Crippen molar-refractivity contribution in [2.24, 2.45) is 0 Å². The third kappa shape index (κ3) is 12.2. The van der Waals surface area contributed by atoms with Crippen molar-refractivity contribution in [3.63, 3.8) is 0 Å². The average molecular weight is 411 g/mol. The Bertz CT molecular complexity index is 518. The van der Waals surface area contributed by atoms with Crippen LogP contribution >= 0.6 is 23.5 Å². The molecule has 152 valence electrons. The van der Waals surface area contributed by atoms with E-state index in [1.54, 1.807) is 0 Å². The molecule has 3 nitrogen and oxygen atoms in total. The van der Waals surface area contributed by atoms with Crippen LogP contribution in [0.1, 0.15) is 58.3 Å². The second-order valence-corrected chi connectivity index (χ2v) is 9.76. The van der Waals surface area contributed by atoms with Crippen molar-refractivity contribution in [2.75, 3.05) is 11.5 Å². The summed E-state index contributed by atoms with van der Waals surface area (Å²) in [4.78, 5) is 10.7. The van der Waals surface area contributed by atoms with E-state index in [4.69, 9.17) is 5.11 Å². The van der Waals surface area contributed by atoms with E-state index in [1.165, 1.54) is 19.3 Å². The first kappa shape index (κ1) is 24.1. The zero-order valence-corrected chi connectivity index (χ0v) is 18.0. The van der Waals surface area contributed by atoms with Gasteiger partial charge in [-0.3, -0.25) is 4.79 Å². The summed E-state index contributed by atoms with van der Waals surface area (Å²) in [7, 11) is 0. The standard InChI is InChI=1S/C22H34O3S2/c1-2-3-4-5-6-9-13-20(23)14-10-7-8-11-16-22(26-18-19-27-22)17-12-15-21(24)25/h6-11,14,16,20,23H,2-5,12-13,15,17-19H2,1H3,(H,24,25)/b8-7+,9-6-,14-10+,16-11+/t20-/m0/s1. The number of unbranched alkanes of at least 4 members (excludes halogenated alkanes) is 3. The molecule has 27 heavy (non-hydrogen) atoms. The van der Waals surface area contributed by atoms with Crippen LogP contribution in [0.5, 0.6) is 0 Å². The maximum absolute atomic E-state index is 10.7. The van der Waals surface area contributed by atoms with Crippen LogP contribution < -0.4 is 0 Å². The quantitative estimate of drug-likeness (QED) is 0.210. The summed E-state index contributed by atoms with van der Waals surface area (Å²) >= 11 is 3.82. The Morgan fingerprint density at radius 2 is 1.81 bits per heavy atom. The van der Waals surface area contributed by atoms with Crippen LogP contribution in [-0.2, 0) is 4.79 Å². The number of aliphatic hydroxyl groups excluding tert-OH is 1. The minimum Gasteiger partial charge on any atom is -0.481 e. The number of rotatable bonds is 14. The summed E-state index contributed by atoms with van der Waals surface area (Å²) in [5.41, 5.74) is 0. The van der Waals surface area contributed by atoms with Crippen LogP contribution in [0.15, 0.2) is 48.6 Å². The summed E-state index contributed by atoms with van der Waals surface area (Å²) < 4.78 is 0.0194. The first-order chi connectivity index (χ1) is 13.1. The van der Waals surface area contributed by atoms with Gasteiger partial charge in [-0.15, -0.1) is 23.5 Å². The van der Waals surface area contributed by atoms with Crippen LogP contribution in [0.25, 0.3) is 0 Å². The van der Waals surface area contributed by atoms with Crippen LogP contribution in [0.4, 0.5) is 0 Å². The number of aliphatic hydroxyl groups is 1. The first-order valence-electron chi connectivity index (χ1n) is 9.93. The van der Waals surface area contributed by atoms with Gasteiger partial charge in [0, 0.05) is 17.9 Å². The van der Waals surface area contributed by atoms with E-state index >= 15 is 0 Å². The second-order valence-electron chi connectivity index (χ2n) is 6.66. The smallest absolute Gasteiger partial charge is 0.303 e. The van der Waals surface area contributed by atoms with Gasteiger partial charge in [-0.05, 0) is 32.1 Å². The predicted octanol–water partition coefficient (Wildman–Crippen LogP) is 5.97. The van der Waals surface area contributed by atoms with Gasteiger partial charge in [0.1, 0.15) is 0 Å². The van der Waals surface area contributed by atoms with Crippen molar-refractivity contribution in [1.29, 1.82) is 0 Å². The molecule has 0 bridgehead atoms. The Kier molecular flexibility index (Phi) is 13.5. The van der Waals surface area contributed by atoms with Gasteiger partial charge in [0.25, 0.3) is 0 Å². The van der Waals surface area contributed by atoms with E-state index < -0.39 is 12.1 Å². The summed E-state index contributed by atoms with van der Waals surface area (Å²) in [5, 5.41) is 18.7. The van der Waals surface area contributed by atoms with Gasteiger partial charge in [-0.1, -0.05) is 68.4 Å². The molecule has 0 saturated carbocycles. The lowest BCUT2D eigenvalue weighted by molar-refractivity contribution is -0.137. The molecule has 0 spiro atoms. The minimum absolute atomic E-state index is 0.0194. The maximum Gasteiger partial charge on any atom is 0.303 e. The zero-order valence-electron chi connectivity index (χ0n) is 16.4. The summed E-state index contributed by atoms with van der Waals surface area (Å²) in [6.07, 6.45) is 22.9. The molecule has 2 N–H and O–H groups in total. The van der Waals surface area contributed by atoms with Crippen molar-refractivity contribution >= 4 is 29.5 Å². The maximum atomic E-state index is 10.7. The Hall–Kier alpha value is -0.910. The van der Waals surface area contributed by atoms with E-state index in [0.717, 1.165) is 24.3 Å². The summed E-state index contributed by atoms with van der Waals surface area (Å²) in [6.45, 7) is 2.20. The van der Waals surface area contributed by atoms with Crippen molar-refractivity contribution in [3.8, 4) is 0 Å². The Labute approximate surface area is 173 Å². The van der Waals surface area contributed by atoms with Crippen LogP contribution in [-0.4, -0.2) is 37.9 Å². The minimum atomic E-state index is -0.721. The zero-order chi connectivity index (χ0) is 19.8. The van der Waals surface area contributed by atoms with Gasteiger partial charge in [-0.2, -0.15) is 0 Å². The monoisotopic (exact) mass is 410 g/mol. The molecule has 1 rings (SSSR count). The molecule has 0 unspecified atom stereocenters. The fourth-order valence-corrected chi connectivity index (χ4v) is 5.87. The van der Waals surface area contributed by atoms with Crippen LogP contribution in [0, 0.1) is 0 Å². The van der Waals surface area contributed by atoms with Crippen molar-refractivity contribution in [3.05, 3.63) is 48.6 Å². The van der Waals surface area contributed by atoms with Gasteiger partial charge >= 0.3 is 5.97 Å². The highest BCUT2D eigenvalue weighted by atomic mass is 32.2. The molecule has 0 aromatic carbocycles. The molecule has 1 atom stereocenters. The van der Waals surface area contributed by atoms with Crippen molar-refractivity contribution in [1.82, 2.24) is 0 Å². The summed E-state index contributed by atoms with van der Waals surface area (Å²) in [6, 6.07) is 0. The Balaban J connectivity index is 2.31. The predicted molar refractivity (Wildman–Crippen MR) is 120 cm³/mol. The first-order valence-corrected chi connectivity index (χ1v) is 11.9. The van der Waals surface area contributed by atoms with E-state index in [0.29, 0.717) is 12.8 Å². The molecule has 0 aromatic rings. The number of carboxylic acid groups (broad SMARTS) is 1. The fraction of sp³-hybridized carbons (Fsp3) is 0.591. The molecular formula is C22H34O3S2. The van der Waals surface area contributed by atoms with Gasteiger partial charge < -0.3 is 10.2 Å². The number of aliphatic carboxylic acids is 1. The molecule has 0 aliphatic carbocycles. The van der Waals surface area contributed by atoms with Crippen molar-refractivity contribution in [2.45, 2.75) is 68.5 Å². The highest BCUT2D eigenvalue weighted by Gasteiger charge is 2.32. The SMILES string of the molecule is CCCCC/C=C\C[C@H](O)/C=C/C=C/C=C/C1(CCCC(=O)O)SCCS1. The largest absolute Gasteiger partial charge is 0.481 e. The average Bonchev–Trinajstić information content (AvgIpc) is 3.09. The number of thioether (sulfide) groups is 2. The number of carboxylic acids is 1. The van der Waals surface area contributed by atoms with Crippen LogP contribution in [0.2, 0.25) is 0 Å². The van der Waals surface area contributed by atoms with Gasteiger partial charge in [0.05, 0.1) is 10.2 Å². The molecule has 1 fully saturated rings. The van der Waals surface area contributed by atoms with E-state index in [2.05, 4.69) is 25.2 Å². The molecule has 0 radical (unpaired) electrons. The molecule has 0 amide bonds. The topological polar surface area (TPSA) is 57.5 Å². The molecule has 0 aromatic heterocycles. The number of hydrogen-bond acceptors (Lipinski definition) is 4. The number of carbonyl (C=O) groups is 1. The lowest BCUT2D eigenvalue weighted by Gasteiger charge is -2.22.